The number of nitrogens with one attached hydrogen (secondary N) is 1. The molecule has 0 aliphatic carbocycles. The second kappa shape index (κ2) is 5.27. The Morgan fingerprint density at radius 1 is 1.06 bits per heavy atom. The molecule has 2 rings (SSSR count). The maximum absolute atomic E-state index is 12.7. The minimum absolute atomic E-state index is 0.193. The fourth-order valence-electron chi connectivity index (χ4n) is 1.38. The van der Waals surface area contributed by atoms with Crippen molar-refractivity contribution in [2.24, 2.45) is 0 Å². The van der Waals surface area contributed by atoms with Crippen LogP contribution < -0.4 is 5.32 Å². The third-order valence-electron chi connectivity index (χ3n) is 2.22. The monoisotopic (exact) mass is 341 g/mol. The van der Waals surface area contributed by atoms with Gasteiger partial charge in [0.15, 0.2) is 0 Å². The van der Waals surface area contributed by atoms with Gasteiger partial charge in [0.2, 0.25) is 0 Å². The smallest absolute Gasteiger partial charge is 0.256 e. The first kappa shape index (κ1) is 12.0. The molecule has 0 saturated heterocycles. The van der Waals surface area contributed by atoms with Crippen LogP contribution in [0.5, 0.6) is 0 Å². The number of amides is 1. The molecule has 2 aromatic rings. The van der Waals surface area contributed by atoms with Crippen LogP contribution in [0.15, 0.2) is 48.5 Å². The average Bonchev–Trinajstić information content (AvgIpc) is 2.32. The Bertz CT molecular complexity index is 539. The molecule has 1 N–H and O–H groups in total. The van der Waals surface area contributed by atoms with E-state index in [9.17, 15) is 9.18 Å². The van der Waals surface area contributed by atoms with Crippen molar-refractivity contribution in [2.75, 3.05) is 5.32 Å². The molecule has 2 nitrogen and oxygen atoms in total. The molecule has 17 heavy (non-hydrogen) atoms. The van der Waals surface area contributed by atoms with Gasteiger partial charge in [-0.3, -0.25) is 4.79 Å². The zero-order valence-electron chi connectivity index (χ0n) is 8.78. The summed E-state index contributed by atoms with van der Waals surface area (Å²) in [7, 11) is 0. The van der Waals surface area contributed by atoms with Gasteiger partial charge in [-0.1, -0.05) is 12.1 Å². The quantitative estimate of drug-likeness (QED) is 0.830. The predicted molar refractivity (Wildman–Crippen MR) is 73.5 cm³/mol. The third kappa shape index (κ3) is 3.03. The van der Waals surface area contributed by atoms with Gasteiger partial charge in [-0.25, -0.2) is 4.39 Å². The van der Waals surface area contributed by atoms with E-state index >= 15 is 0 Å². The maximum atomic E-state index is 12.7. The van der Waals surface area contributed by atoms with Gasteiger partial charge in [-0.05, 0) is 59.0 Å². The standard InChI is InChI=1S/C13H9FINO/c14-9-5-7-10(8-6-9)16-13(17)11-3-1-2-4-12(11)15/h1-8H,(H,16,17). The van der Waals surface area contributed by atoms with Crippen molar-refractivity contribution in [3.05, 3.63) is 63.5 Å². The number of carbonyl (C=O) groups excluding carboxylic acids is 1. The number of rotatable bonds is 2. The summed E-state index contributed by atoms with van der Waals surface area (Å²) in [5.74, 6) is -0.515. The average molecular weight is 341 g/mol. The summed E-state index contributed by atoms with van der Waals surface area (Å²) in [5, 5.41) is 2.72. The molecule has 86 valence electrons. The van der Waals surface area contributed by atoms with E-state index in [1.807, 2.05) is 18.2 Å². The molecule has 1 amide bonds. The normalized spacial score (nSPS) is 10.0. The summed E-state index contributed by atoms with van der Waals surface area (Å²) in [5.41, 5.74) is 1.19. The van der Waals surface area contributed by atoms with Crippen LogP contribution in [0, 0.1) is 9.39 Å². The number of carbonyl (C=O) groups is 1. The van der Waals surface area contributed by atoms with Crippen molar-refractivity contribution in [1.82, 2.24) is 0 Å². The van der Waals surface area contributed by atoms with Crippen LogP contribution in [0.2, 0.25) is 0 Å². The highest BCUT2D eigenvalue weighted by Gasteiger charge is 2.08. The number of benzene rings is 2. The lowest BCUT2D eigenvalue weighted by Crippen LogP contribution is -2.13. The summed E-state index contributed by atoms with van der Waals surface area (Å²) in [6.07, 6.45) is 0. The zero-order chi connectivity index (χ0) is 12.3. The van der Waals surface area contributed by atoms with Gasteiger partial charge >= 0.3 is 0 Å². The molecule has 0 aliphatic heterocycles. The topological polar surface area (TPSA) is 29.1 Å². The van der Waals surface area contributed by atoms with E-state index in [2.05, 4.69) is 27.9 Å². The van der Waals surface area contributed by atoms with E-state index in [4.69, 9.17) is 0 Å². The molecule has 0 aliphatic rings. The van der Waals surface area contributed by atoms with Crippen LogP contribution >= 0.6 is 22.6 Å². The van der Waals surface area contributed by atoms with E-state index < -0.39 is 0 Å². The third-order valence-corrected chi connectivity index (χ3v) is 3.16. The Hall–Kier alpha value is -1.43. The highest BCUT2D eigenvalue weighted by atomic mass is 127. The number of halogens is 2. The Labute approximate surface area is 112 Å². The molecule has 0 radical (unpaired) electrons. The molecule has 0 aromatic heterocycles. The second-order valence-corrected chi connectivity index (χ2v) is 4.60. The number of hydrogen-bond donors (Lipinski definition) is 1. The van der Waals surface area contributed by atoms with Crippen molar-refractivity contribution in [3.63, 3.8) is 0 Å². The lowest BCUT2D eigenvalue weighted by molar-refractivity contribution is 0.102. The molecule has 4 heteroatoms. The summed E-state index contributed by atoms with van der Waals surface area (Å²) in [6, 6.07) is 13.0. The van der Waals surface area contributed by atoms with E-state index in [1.165, 1.54) is 24.3 Å². The van der Waals surface area contributed by atoms with Gasteiger partial charge < -0.3 is 5.32 Å². The lowest BCUT2D eigenvalue weighted by Gasteiger charge is -2.06. The molecule has 0 fully saturated rings. The summed E-state index contributed by atoms with van der Waals surface area (Å²) in [6.45, 7) is 0. The van der Waals surface area contributed by atoms with Crippen LogP contribution in [-0.2, 0) is 0 Å². The molecule has 0 unspecified atom stereocenters. The van der Waals surface area contributed by atoms with Crippen molar-refractivity contribution in [1.29, 1.82) is 0 Å². The van der Waals surface area contributed by atoms with Gasteiger partial charge in [0.1, 0.15) is 5.82 Å². The van der Waals surface area contributed by atoms with E-state index in [0.29, 0.717) is 11.3 Å². The summed E-state index contributed by atoms with van der Waals surface area (Å²) in [4.78, 5) is 11.9. The lowest BCUT2D eigenvalue weighted by atomic mass is 10.2. The van der Waals surface area contributed by atoms with Crippen LogP contribution in [0.3, 0.4) is 0 Å². The Morgan fingerprint density at radius 2 is 1.71 bits per heavy atom. The van der Waals surface area contributed by atoms with Crippen molar-refractivity contribution in [3.8, 4) is 0 Å². The first-order valence-electron chi connectivity index (χ1n) is 4.98. The van der Waals surface area contributed by atoms with Crippen LogP contribution in [-0.4, -0.2) is 5.91 Å². The largest absolute Gasteiger partial charge is 0.322 e. The Balaban J connectivity index is 2.17. The fourth-order valence-corrected chi connectivity index (χ4v) is 2.01. The first-order chi connectivity index (χ1) is 8.16. The van der Waals surface area contributed by atoms with Gasteiger partial charge in [0.25, 0.3) is 5.91 Å². The molecule has 0 saturated carbocycles. The molecular weight excluding hydrogens is 332 g/mol. The summed E-state index contributed by atoms with van der Waals surface area (Å²) < 4.78 is 13.6. The Kier molecular flexibility index (Phi) is 3.73. The van der Waals surface area contributed by atoms with Crippen molar-refractivity contribution < 1.29 is 9.18 Å². The van der Waals surface area contributed by atoms with E-state index in [-0.39, 0.29) is 11.7 Å². The number of hydrogen-bond acceptors (Lipinski definition) is 1. The maximum Gasteiger partial charge on any atom is 0.256 e. The molecule has 0 heterocycles. The van der Waals surface area contributed by atoms with Crippen LogP contribution in [0.1, 0.15) is 10.4 Å². The molecule has 0 bridgehead atoms. The zero-order valence-corrected chi connectivity index (χ0v) is 10.9. The van der Waals surface area contributed by atoms with Crippen molar-refractivity contribution in [2.45, 2.75) is 0 Å². The van der Waals surface area contributed by atoms with Crippen LogP contribution in [0.4, 0.5) is 10.1 Å². The first-order valence-corrected chi connectivity index (χ1v) is 6.06. The second-order valence-electron chi connectivity index (χ2n) is 3.44. The van der Waals surface area contributed by atoms with Gasteiger partial charge in [-0.15, -0.1) is 0 Å². The molecular formula is C13H9FINO. The minimum Gasteiger partial charge on any atom is -0.322 e. The number of anilines is 1. The van der Waals surface area contributed by atoms with E-state index in [0.717, 1.165) is 3.57 Å². The highest BCUT2D eigenvalue weighted by molar-refractivity contribution is 14.1. The molecule has 2 aromatic carbocycles. The predicted octanol–water partition coefficient (Wildman–Crippen LogP) is 3.68. The van der Waals surface area contributed by atoms with Crippen molar-refractivity contribution >= 4 is 34.2 Å². The molecule has 0 atom stereocenters. The SMILES string of the molecule is O=C(Nc1ccc(F)cc1)c1ccccc1I. The molecule has 0 spiro atoms. The minimum atomic E-state index is -0.322. The van der Waals surface area contributed by atoms with Gasteiger partial charge in [-0.2, -0.15) is 0 Å². The summed E-state index contributed by atoms with van der Waals surface area (Å²) >= 11 is 2.10. The van der Waals surface area contributed by atoms with Gasteiger partial charge in [0.05, 0.1) is 5.56 Å². The fraction of sp³-hybridized carbons (Fsp3) is 0. The Morgan fingerprint density at radius 3 is 2.35 bits per heavy atom. The van der Waals surface area contributed by atoms with E-state index in [1.54, 1.807) is 6.07 Å². The highest BCUT2D eigenvalue weighted by Crippen LogP contribution is 2.14. The van der Waals surface area contributed by atoms with Gasteiger partial charge in [0, 0.05) is 9.26 Å². The van der Waals surface area contributed by atoms with Crippen LogP contribution in [0.25, 0.3) is 0 Å².